The lowest BCUT2D eigenvalue weighted by Crippen LogP contribution is -2.48. The van der Waals surface area contributed by atoms with Gasteiger partial charge in [0.15, 0.2) is 0 Å². The van der Waals surface area contributed by atoms with Crippen LogP contribution in [-0.4, -0.2) is 41.9 Å². The second-order valence-corrected chi connectivity index (χ2v) is 6.44. The van der Waals surface area contributed by atoms with Crippen LogP contribution in [0, 0.1) is 6.92 Å². The molecule has 1 saturated heterocycles. The third-order valence-electron chi connectivity index (χ3n) is 4.29. The normalized spacial score (nSPS) is 15.7. The first-order chi connectivity index (χ1) is 11.1. The van der Waals surface area contributed by atoms with Gasteiger partial charge in [-0.2, -0.15) is 0 Å². The zero-order valence-corrected chi connectivity index (χ0v) is 14.1. The average Bonchev–Trinajstić information content (AvgIpc) is 2.57. The van der Waals surface area contributed by atoms with Crippen molar-refractivity contribution in [2.75, 3.05) is 26.2 Å². The van der Waals surface area contributed by atoms with Crippen LogP contribution in [0.3, 0.4) is 0 Å². The molecule has 3 nitrogen and oxygen atoms in total. The Hall–Kier alpha value is -1.84. The van der Waals surface area contributed by atoms with E-state index in [4.69, 9.17) is 11.6 Å². The predicted molar refractivity (Wildman–Crippen MR) is 93.8 cm³/mol. The van der Waals surface area contributed by atoms with E-state index >= 15 is 0 Å². The maximum Gasteiger partial charge on any atom is 0.255 e. The van der Waals surface area contributed by atoms with Crippen molar-refractivity contribution in [3.63, 3.8) is 0 Å². The molecule has 1 amide bonds. The number of piperazine rings is 1. The van der Waals surface area contributed by atoms with Crippen molar-refractivity contribution in [1.29, 1.82) is 0 Å². The van der Waals surface area contributed by atoms with Gasteiger partial charge in [0.2, 0.25) is 0 Å². The van der Waals surface area contributed by atoms with Gasteiger partial charge in [-0.05, 0) is 24.6 Å². The lowest BCUT2D eigenvalue weighted by molar-refractivity contribution is 0.0628. The molecular weight excluding hydrogens is 308 g/mol. The van der Waals surface area contributed by atoms with Crippen LogP contribution in [0.1, 0.15) is 21.5 Å². The number of hydrogen-bond acceptors (Lipinski definition) is 2. The van der Waals surface area contributed by atoms with Crippen molar-refractivity contribution < 1.29 is 4.79 Å². The molecule has 4 heteroatoms. The summed E-state index contributed by atoms with van der Waals surface area (Å²) in [7, 11) is 0. The lowest BCUT2D eigenvalue weighted by Gasteiger charge is -2.35. The Kier molecular flexibility index (Phi) is 4.99. The first kappa shape index (κ1) is 16.0. The molecule has 0 aromatic heterocycles. The maximum atomic E-state index is 12.5. The van der Waals surface area contributed by atoms with Crippen molar-refractivity contribution in [2.45, 2.75) is 13.5 Å². The molecule has 0 bridgehead atoms. The molecule has 1 heterocycles. The van der Waals surface area contributed by atoms with E-state index in [0.717, 1.165) is 32.7 Å². The van der Waals surface area contributed by atoms with Gasteiger partial charge in [-0.1, -0.05) is 53.6 Å². The number of nitrogens with zero attached hydrogens (tertiary/aromatic N) is 2. The van der Waals surface area contributed by atoms with Crippen LogP contribution in [-0.2, 0) is 6.54 Å². The van der Waals surface area contributed by atoms with E-state index in [1.165, 1.54) is 11.1 Å². The Bertz CT molecular complexity index is 676. The van der Waals surface area contributed by atoms with Crippen molar-refractivity contribution >= 4 is 17.5 Å². The molecule has 3 rings (SSSR count). The van der Waals surface area contributed by atoms with E-state index < -0.39 is 0 Å². The highest BCUT2D eigenvalue weighted by Gasteiger charge is 2.23. The molecule has 1 aliphatic heterocycles. The fraction of sp³-hybridized carbons (Fsp3) is 0.316. The molecule has 0 aliphatic carbocycles. The van der Waals surface area contributed by atoms with Crippen molar-refractivity contribution in [3.05, 3.63) is 70.2 Å². The predicted octanol–water partition coefficient (Wildman–Crippen LogP) is 3.61. The quantitative estimate of drug-likeness (QED) is 0.859. The highest BCUT2D eigenvalue weighted by molar-refractivity contribution is 6.33. The van der Waals surface area contributed by atoms with Crippen LogP contribution < -0.4 is 0 Å². The number of rotatable bonds is 3. The second kappa shape index (κ2) is 7.16. The molecular formula is C19H21ClN2O. The minimum absolute atomic E-state index is 0.0329. The number of carbonyl (C=O) groups is 1. The van der Waals surface area contributed by atoms with Crippen LogP contribution in [0.2, 0.25) is 5.02 Å². The minimum Gasteiger partial charge on any atom is -0.336 e. The van der Waals surface area contributed by atoms with E-state index in [2.05, 4.69) is 36.1 Å². The number of halogens is 1. The van der Waals surface area contributed by atoms with Crippen molar-refractivity contribution in [2.24, 2.45) is 0 Å². The third kappa shape index (κ3) is 3.92. The largest absolute Gasteiger partial charge is 0.336 e. The summed E-state index contributed by atoms with van der Waals surface area (Å²) in [4.78, 5) is 16.8. The minimum atomic E-state index is 0.0329. The summed E-state index contributed by atoms with van der Waals surface area (Å²) in [5.74, 6) is 0.0329. The van der Waals surface area contributed by atoms with Crippen LogP contribution in [0.25, 0.3) is 0 Å². The molecule has 0 unspecified atom stereocenters. The smallest absolute Gasteiger partial charge is 0.255 e. The van der Waals surface area contributed by atoms with E-state index in [-0.39, 0.29) is 5.91 Å². The van der Waals surface area contributed by atoms with Crippen LogP contribution in [0.4, 0.5) is 0 Å². The molecule has 0 atom stereocenters. The van der Waals surface area contributed by atoms with Gasteiger partial charge >= 0.3 is 0 Å². The van der Waals surface area contributed by atoms with Crippen LogP contribution >= 0.6 is 11.6 Å². The molecule has 0 N–H and O–H groups in total. The van der Waals surface area contributed by atoms with Crippen molar-refractivity contribution in [1.82, 2.24) is 9.80 Å². The topological polar surface area (TPSA) is 23.6 Å². The summed E-state index contributed by atoms with van der Waals surface area (Å²) in [6, 6.07) is 15.9. The molecule has 1 aliphatic rings. The van der Waals surface area contributed by atoms with Gasteiger partial charge in [0.25, 0.3) is 5.91 Å². The Balaban J connectivity index is 1.57. The fourth-order valence-corrected chi connectivity index (χ4v) is 3.08. The Morgan fingerprint density at radius 1 is 1.00 bits per heavy atom. The van der Waals surface area contributed by atoms with Gasteiger partial charge in [-0.3, -0.25) is 9.69 Å². The third-order valence-corrected chi connectivity index (χ3v) is 4.62. The number of amides is 1. The summed E-state index contributed by atoms with van der Waals surface area (Å²) >= 11 is 6.13. The average molecular weight is 329 g/mol. The van der Waals surface area contributed by atoms with Crippen LogP contribution in [0.15, 0.2) is 48.5 Å². The van der Waals surface area contributed by atoms with Crippen molar-refractivity contribution in [3.8, 4) is 0 Å². The fourth-order valence-electron chi connectivity index (χ4n) is 2.87. The maximum absolute atomic E-state index is 12.5. The van der Waals surface area contributed by atoms with E-state index in [1.54, 1.807) is 12.1 Å². The van der Waals surface area contributed by atoms with Crippen LogP contribution in [0.5, 0.6) is 0 Å². The summed E-state index contributed by atoms with van der Waals surface area (Å²) in [6.45, 7) is 6.32. The molecule has 2 aromatic carbocycles. The Labute approximate surface area is 142 Å². The lowest BCUT2D eigenvalue weighted by atomic mass is 10.1. The first-order valence-electron chi connectivity index (χ1n) is 7.95. The zero-order chi connectivity index (χ0) is 16.2. The summed E-state index contributed by atoms with van der Waals surface area (Å²) in [5.41, 5.74) is 3.20. The Morgan fingerprint density at radius 3 is 2.30 bits per heavy atom. The van der Waals surface area contributed by atoms with Gasteiger partial charge in [0, 0.05) is 32.7 Å². The second-order valence-electron chi connectivity index (χ2n) is 6.03. The first-order valence-corrected chi connectivity index (χ1v) is 8.33. The van der Waals surface area contributed by atoms with Gasteiger partial charge in [-0.25, -0.2) is 0 Å². The molecule has 23 heavy (non-hydrogen) atoms. The van der Waals surface area contributed by atoms with Gasteiger partial charge in [0.1, 0.15) is 0 Å². The number of benzene rings is 2. The monoisotopic (exact) mass is 328 g/mol. The van der Waals surface area contributed by atoms with E-state index in [9.17, 15) is 4.79 Å². The molecule has 120 valence electrons. The van der Waals surface area contributed by atoms with Gasteiger partial charge in [0.05, 0.1) is 10.6 Å². The number of hydrogen-bond donors (Lipinski definition) is 0. The molecule has 2 aromatic rings. The SMILES string of the molecule is Cc1ccc(CN2CCN(C(=O)c3ccccc3Cl)CC2)cc1. The molecule has 1 fully saturated rings. The molecule has 0 radical (unpaired) electrons. The molecule has 0 spiro atoms. The number of carbonyl (C=O) groups excluding carboxylic acids is 1. The van der Waals surface area contributed by atoms with E-state index in [1.807, 2.05) is 17.0 Å². The summed E-state index contributed by atoms with van der Waals surface area (Å²) < 4.78 is 0. The number of aryl methyl sites for hydroxylation is 1. The summed E-state index contributed by atoms with van der Waals surface area (Å²) in [5, 5.41) is 0.527. The highest BCUT2D eigenvalue weighted by Crippen LogP contribution is 2.18. The summed E-state index contributed by atoms with van der Waals surface area (Å²) in [6.07, 6.45) is 0. The van der Waals surface area contributed by atoms with Gasteiger partial charge < -0.3 is 4.90 Å². The standard InChI is InChI=1S/C19H21ClN2O/c1-15-6-8-16(9-7-15)14-21-10-12-22(13-11-21)19(23)17-4-2-3-5-18(17)20/h2-9H,10-14H2,1H3. The van der Waals surface area contributed by atoms with Gasteiger partial charge in [-0.15, -0.1) is 0 Å². The highest BCUT2D eigenvalue weighted by atomic mass is 35.5. The Morgan fingerprint density at radius 2 is 1.65 bits per heavy atom. The molecule has 0 saturated carbocycles. The van der Waals surface area contributed by atoms with E-state index in [0.29, 0.717) is 10.6 Å². The zero-order valence-electron chi connectivity index (χ0n) is 13.3.